The highest BCUT2D eigenvalue weighted by molar-refractivity contribution is 6.03. The van der Waals surface area contributed by atoms with Crippen molar-refractivity contribution in [3.63, 3.8) is 0 Å². The van der Waals surface area contributed by atoms with Crippen molar-refractivity contribution in [2.24, 2.45) is 0 Å². The Kier molecular flexibility index (Phi) is 6.90. The van der Waals surface area contributed by atoms with Gasteiger partial charge in [0.1, 0.15) is 0 Å². The Morgan fingerprint density at radius 3 is 2.02 bits per heavy atom. The molecule has 9 aromatic rings. The number of nitrogens with zero attached hydrogens (tertiary/aromatic N) is 7. The number of H-pyrrole nitrogens is 1. The van der Waals surface area contributed by atoms with Crippen LogP contribution in [0.1, 0.15) is 11.1 Å². The average Bonchev–Trinajstić information content (AvgIpc) is 3.89. The summed E-state index contributed by atoms with van der Waals surface area (Å²) in [6, 6.07) is 49.6. The number of nitrogens with one attached hydrogen (secondary N) is 1. The summed E-state index contributed by atoms with van der Waals surface area (Å²) in [5.74, 6) is 1.08. The SMILES string of the molecule is Cc1ccc2[nH]c(-c3nc(-n4nc(-c5ccccc5)cc4-c4ccccc4)c4nnn(Cc5ccccc5)c4n3)c(-c3ccccc3)c2c1. The molecule has 0 aliphatic carbocycles. The minimum Gasteiger partial charge on any atom is -0.351 e. The van der Waals surface area contributed by atoms with E-state index in [1.807, 2.05) is 70.0 Å². The quantitative estimate of drug-likeness (QED) is 0.189. The molecule has 49 heavy (non-hydrogen) atoms. The normalized spacial score (nSPS) is 11.4. The van der Waals surface area contributed by atoms with Gasteiger partial charge < -0.3 is 4.98 Å². The van der Waals surface area contributed by atoms with Gasteiger partial charge in [0.2, 0.25) is 0 Å². The van der Waals surface area contributed by atoms with Crippen molar-refractivity contribution in [2.75, 3.05) is 0 Å². The average molecular weight is 635 g/mol. The van der Waals surface area contributed by atoms with Gasteiger partial charge in [0.25, 0.3) is 0 Å². The second-order valence-corrected chi connectivity index (χ2v) is 12.1. The fraction of sp³-hybridized carbons (Fsp3) is 0.0488. The maximum Gasteiger partial charge on any atom is 0.188 e. The molecule has 0 atom stereocenters. The molecule has 0 aliphatic heterocycles. The van der Waals surface area contributed by atoms with E-state index in [1.165, 1.54) is 5.56 Å². The number of hydrogen-bond acceptors (Lipinski definition) is 5. The second kappa shape index (κ2) is 11.8. The van der Waals surface area contributed by atoms with Crippen LogP contribution in [-0.4, -0.2) is 39.7 Å². The van der Waals surface area contributed by atoms with E-state index in [9.17, 15) is 0 Å². The van der Waals surface area contributed by atoms with Gasteiger partial charge in [-0.2, -0.15) is 5.10 Å². The molecule has 0 amide bonds. The Hall–Kier alpha value is -6.67. The molecule has 0 spiro atoms. The highest BCUT2D eigenvalue weighted by Crippen LogP contribution is 2.39. The summed E-state index contributed by atoms with van der Waals surface area (Å²) in [7, 11) is 0. The molecule has 0 bridgehead atoms. The first kappa shape index (κ1) is 28.5. The topological polar surface area (TPSA) is 90.1 Å². The first-order valence-electron chi connectivity index (χ1n) is 16.2. The van der Waals surface area contributed by atoms with Crippen molar-refractivity contribution in [3.8, 4) is 51.0 Å². The lowest BCUT2D eigenvalue weighted by Crippen LogP contribution is -2.08. The Bertz CT molecular complexity index is 2570. The monoisotopic (exact) mass is 634 g/mol. The summed E-state index contributed by atoms with van der Waals surface area (Å²) in [5.41, 5.74) is 11.1. The fourth-order valence-corrected chi connectivity index (χ4v) is 6.45. The van der Waals surface area contributed by atoms with E-state index in [1.54, 1.807) is 0 Å². The van der Waals surface area contributed by atoms with E-state index in [-0.39, 0.29) is 0 Å². The zero-order valence-corrected chi connectivity index (χ0v) is 26.7. The first-order valence-corrected chi connectivity index (χ1v) is 16.2. The molecule has 8 heteroatoms. The highest BCUT2D eigenvalue weighted by atomic mass is 15.5. The van der Waals surface area contributed by atoms with Crippen LogP contribution in [0.3, 0.4) is 0 Å². The molecular weight excluding hydrogens is 605 g/mol. The fourth-order valence-electron chi connectivity index (χ4n) is 6.45. The van der Waals surface area contributed by atoms with Gasteiger partial charge in [0.15, 0.2) is 22.8 Å². The van der Waals surface area contributed by atoms with Gasteiger partial charge in [-0.05, 0) is 36.2 Å². The summed E-state index contributed by atoms with van der Waals surface area (Å²) in [4.78, 5) is 14.2. The van der Waals surface area contributed by atoms with Crippen LogP contribution in [0.5, 0.6) is 0 Å². The molecule has 5 aromatic carbocycles. The van der Waals surface area contributed by atoms with Crippen molar-refractivity contribution >= 4 is 22.1 Å². The predicted molar refractivity (Wildman–Crippen MR) is 194 cm³/mol. The van der Waals surface area contributed by atoms with Crippen LogP contribution < -0.4 is 0 Å². The van der Waals surface area contributed by atoms with Gasteiger partial charge in [-0.25, -0.2) is 19.3 Å². The lowest BCUT2D eigenvalue weighted by Gasteiger charge is -2.11. The van der Waals surface area contributed by atoms with E-state index in [4.69, 9.17) is 20.2 Å². The molecule has 4 heterocycles. The van der Waals surface area contributed by atoms with Crippen LogP contribution in [0.4, 0.5) is 0 Å². The van der Waals surface area contributed by atoms with Crippen LogP contribution >= 0.6 is 0 Å². The van der Waals surface area contributed by atoms with E-state index in [2.05, 4.69) is 102 Å². The molecule has 4 aromatic heterocycles. The van der Waals surface area contributed by atoms with Gasteiger partial charge in [-0.3, -0.25) is 0 Å². The van der Waals surface area contributed by atoms with E-state index < -0.39 is 0 Å². The number of aromatic amines is 1. The number of hydrogen-bond donors (Lipinski definition) is 1. The Morgan fingerprint density at radius 2 is 1.31 bits per heavy atom. The number of benzene rings is 5. The van der Waals surface area contributed by atoms with E-state index in [0.29, 0.717) is 29.4 Å². The largest absolute Gasteiger partial charge is 0.351 e. The van der Waals surface area contributed by atoms with Crippen molar-refractivity contribution in [1.82, 2.24) is 39.7 Å². The second-order valence-electron chi connectivity index (χ2n) is 12.1. The lowest BCUT2D eigenvalue weighted by atomic mass is 10.0. The number of fused-ring (bicyclic) bond motifs is 2. The van der Waals surface area contributed by atoms with Crippen molar-refractivity contribution in [3.05, 3.63) is 157 Å². The zero-order chi connectivity index (χ0) is 32.7. The molecule has 234 valence electrons. The zero-order valence-electron chi connectivity index (χ0n) is 26.7. The van der Waals surface area contributed by atoms with Gasteiger partial charge in [-0.15, -0.1) is 5.10 Å². The third kappa shape index (κ3) is 5.16. The summed E-state index contributed by atoms with van der Waals surface area (Å²) in [6.45, 7) is 2.62. The number of aryl methyl sites for hydroxylation is 1. The predicted octanol–water partition coefficient (Wildman–Crippen LogP) is 8.91. The summed E-state index contributed by atoms with van der Waals surface area (Å²) in [5, 5.41) is 15.6. The van der Waals surface area contributed by atoms with Crippen molar-refractivity contribution < 1.29 is 0 Å². The van der Waals surface area contributed by atoms with Crippen LogP contribution in [0.25, 0.3) is 73.0 Å². The highest BCUT2D eigenvalue weighted by Gasteiger charge is 2.25. The molecular formula is C41H30N8. The van der Waals surface area contributed by atoms with Crippen LogP contribution in [0.2, 0.25) is 0 Å². The third-order valence-electron chi connectivity index (χ3n) is 8.81. The molecule has 8 nitrogen and oxygen atoms in total. The third-order valence-corrected chi connectivity index (χ3v) is 8.81. The maximum absolute atomic E-state index is 5.30. The minimum atomic E-state index is 0.505. The molecule has 0 unspecified atom stereocenters. The molecule has 0 fully saturated rings. The van der Waals surface area contributed by atoms with Crippen LogP contribution in [-0.2, 0) is 6.54 Å². The minimum absolute atomic E-state index is 0.505. The lowest BCUT2D eigenvalue weighted by molar-refractivity contribution is 0.664. The van der Waals surface area contributed by atoms with Crippen molar-refractivity contribution in [1.29, 1.82) is 0 Å². The van der Waals surface area contributed by atoms with Gasteiger partial charge in [0.05, 0.1) is 23.6 Å². The van der Waals surface area contributed by atoms with Gasteiger partial charge >= 0.3 is 0 Å². The van der Waals surface area contributed by atoms with E-state index >= 15 is 0 Å². The standard InChI is InChI=1S/C41H30N8/c1-27-22-23-33-32(24-27)36(31-20-12-5-13-21-31)37(42-33)39-43-40-38(45-47-48(40)26-28-14-6-2-7-15-28)41(44-39)49-35(30-18-10-4-11-19-30)25-34(46-49)29-16-8-3-9-17-29/h2-25,42H,26H2,1H3. The summed E-state index contributed by atoms with van der Waals surface area (Å²) >= 11 is 0. The smallest absolute Gasteiger partial charge is 0.188 e. The Morgan fingerprint density at radius 1 is 0.653 bits per heavy atom. The molecule has 0 radical (unpaired) electrons. The molecule has 0 aliphatic rings. The van der Waals surface area contributed by atoms with Gasteiger partial charge in [-0.1, -0.05) is 138 Å². The molecule has 9 rings (SSSR count). The number of aromatic nitrogens is 8. The maximum atomic E-state index is 5.30. The number of rotatable bonds is 7. The Balaban J connectivity index is 1.34. The first-order chi connectivity index (χ1) is 24.2. The van der Waals surface area contributed by atoms with Crippen LogP contribution in [0, 0.1) is 6.92 Å². The Labute approximate surface area is 282 Å². The van der Waals surface area contributed by atoms with Crippen LogP contribution in [0.15, 0.2) is 146 Å². The summed E-state index contributed by atoms with van der Waals surface area (Å²) < 4.78 is 3.74. The molecule has 0 saturated heterocycles. The summed E-state index contributed by atoms with van der Waals surface area (Å²) in [6.07, 6.45) is 0. The van der Waals surface area contributed by atoms with E-state index in [0.717, 1.165) is 55.8 Å². The molecule has 0 saturated carbocycles. The molecule has 1 N–H and O–H groups in total. The van der Waals surface area contributed by atoms with Crippen molar-refractivity contribution in [2.45, 2.75) is 13.5 Å². The van der Waals surface area contributed by atoms with Gasteiger partial charge in [0, 0.05) is 27.6 Å².